The molecule has 1 aromatic carbocycles. The third kappa shape index (κ3) is 3.53. The first-order valence-electron chi connectivity index (χ1n) is 8.20. The first-order valence-corrected chi connectivity index (χ1v) is 8.20. The molecule has 5 nitrogen and oxygen atoms in total. The van der Waals surface area contributed by atoms with E-state index in [1.807, 2.05) is 11.8 Å². The van der Waals surface area contributed by atoms with E-state index in [2.05, 4.69) is 9.97 Å². The molecule has 3 rings (SSSR count). The molecule has 0 N–H and O–H groups in total. The zero-order valence-corrected chi connectivity index (χ0v) is 13.6. The van der Waals surface area contributed by atoms with Gasteiger partial charge in [0.05, 0.1) is 0 Å². The van der Waals surface area contributed by atoms with E-state index in [1.54, 1.807) is 24.4 Å². The van der Waals surface area contributed by atoms with Crippen molar-refractivity contribution in [1.82, 2.24) is 14.9 Å². The van der Waals surface area contributed by atoms with Crippen LogP contribution in [0, 0.1) is 5.82 Å². The summed E-state index contributed by atoms with van der Waals surface area (Å²) in [5.41, 5.74) is 0.675. The molecule has 126 valence electrons. The van der Waals surface area contributed by atoms with Crippen LogP contribution in [0.25, 0.3) is 0 Å². The van der Waals surface area contributed by atoms with Crippen molar-refractivity contribution in [2.45, 2.75) is 32.1 Å². The lowest BCUT2D eigenvalue weighted by Crippen LogP contribution is -2.39. The van der Waals surface area contributed by atoms with Crippen molar-refractivity contribution in [3.8, 4) is 11.6 Å². The minimum Gasteiger partial charge on any atom is -0.434 e. The number of piperidine rings is 1. The van der Waals surface area contributed by atoms with Gasteiger partial charge in [-0.2, -0.15) is 0 Å². The molecule has 0 unspecified atom stereocenters. The summed E-state index contributed by atoms with van der Waals surface area (Å²) in [7, 11) is 0. The second-order valence-electron chi connectivity index (χ2n) is 5.81. The Labute approximate surface area is 140 Å². The van der Waals surface area contributed by atoms with E-state index in [9.17, 15) is 9.18 Å². The lowest BCUT2D eigenvalue weighted by molar-refractivity contribution is -0.132. The molecule has 1 amide bonds. The van der Waals surface area contributed by atoms with Crippen LogP contribution in [0.2, 0.25) is 0 Å². The van der Waals surface area contributed by atoms with Gasteiger partial charge in [-0.1, -0.05) is 19.1 Å². The van der Waals surface area contributed by atoms with Crippen molar-refractivity contribution in [3.05, 3.63) is 48.2 Å². The van der Waals surface area contributed by atoms with Gasteiger partial charge in [0.15, 0.2) is 11.6 Å². The summed E-state index contributed by atoms with van der Waals surface area (Å²) in [6.07, 6.45) is 5.43. The third-order valence-electron chi connectivity index (χ3n) is 4.20. The molecule has 0 bridgehead atoms. The Morgan fingerprint density at radius 3 is 2.92 bits per heavy atom. The van der Waals surface area contributed by atoms with Gasteiger partial charge >= 0.3 is 0 Å². The van der Waals surface area contributed by atoms with Crippen LogP contribution in [0.3, 0.4) is 0 Å². The summed E-state index contributed by atoms with van der Waals surface area (Å²) in [5.74, 6) is 0.167. The van der Waals surface area contributed by atoms with Crippen LogP contribution < -0.4 is 4.74 Å². The number of halogens is 1. The fourth-order valence-corrected chi connectivity index (χ4v) is 2.98. The number of carbonyl (C=O) groups excluding carboxylic acids is 1. The molecule has 1 saturated heterocycles. The highest BCUT2D eigenvalue weighted by Crippen LogP contribution is 2.33. The number of para-hydroxylation sites is 1. The van der Waals surface area contributed by atoms with Gasteiger partial charge in [0.1, 0.15) is 5.69 Å². The van der Waals surface area contributed by atoms with Gasteiger partial charge in [-0.05, 0) is 25.0 Å². The summed E-state index contributed by atoms with van der Waals surface area (Å²) in [6, 6.07) is 6.21. The van der Waals surface area contributed by atoms with Gasteiger partial charge in [-0.3, -0.25) is 9.78 Å². The molecular formula is C18H20FN3O2. The molecule has 1 fully saturated rings. The summed E-state index contributed by atoms with van der Waals surface area (Å²) in [6.45, 7) is 3.23. The topological polar surface area (TPSA) is 55.3 Å². The highest BCUT2D eigenvalue weighted by Gasteiger charge is 2.28. The monoisotopic (exact) mass is 329 g/mol. The smallest absolute Gasteiger partial charge is 0.241 e. The number of likely N-dealkylation sites (tertiary alicyclic amines) is 1. The van der Waals surface area contributed by atoms with Crippen LogP contribution in [0.15, 0.2) is 36.7 Å². The van der Waals surface area contributed by atoms with E-state index in [0.717, 1.165) is 19.4 Å². The molecule has 2 aromatic rings. The largest absolute Gasteiger partial charge is 0.434 e. The number of rotatable bonds is 4. The van der Waals surface area contributed by atoms with Gasteiger partial charge in [0.25, 0.3) is 0 Å². The average molecular weight is 329 g/mol. The maximum absolute atomic E-state index is 13.8. The number of amides is 1. The molecule has 1 aromatic heterocycles. The standard InChI is InChI=1S/C18H20FN3O2/c1-2-16(23)22-11-5-6-13(12-22)17-18(21-10-9-20-17)24-15-8-4-3-7-14(15)19/h3-4,7-10,13H,2,5-6,11-12H2,1H3/t13-/m0/s1. The summed E-state index contributed by atoms with van der Waals surface area (Å²) in [4.78, 5) is 22.5. The maximum atomic E-state index is 13.8. The van der Waals surface area contributed by atoms with Crippen LogP contribution in [-0.2, 0) is 4.79 Å². The molecule has 2 heterocycles. The minimum atomic E-state index is -0.444. The van der Waals surface area contributed by atoms with Gasteiger partial charge in [0.2, 0.25) is 11.8 Å². The predicted octanol–water partition coefficient (Wildman–Crippen LogP) is 3.52. The molecule has 0 radical (unpaired) electrons. The Balaban J connectivity index is 1.84. The fourth-order valence-electron chi connectivity index (χ4n) is 2.98. The van der Waals surface area contributed by atoms with Crippen molar-refractivity contribution in [1.29, 1.82) is 0 Å². The Bertz CT molecular complexity index is 723. The Kier molecular flexibility index (Phi) is 5.03. The lowest BCUT2D eigenvalue weighted by Gasteiger charge is -2.32. The van der Waals surface area contributed by atoms with Crippen molar-refractivity contribution in [2.75, 3.05) is 13.1 Å². The van der Waals surface area contributed by atoms with E-state index in [4.69, 9.17) is 4.74 Å². The number of carbonyl (C=O) groups is 1. The third-order valence-corrected chi connectivity index (χ3v) is 4.20. The molecular weight excluding hydrogens is 309 g/mol. The lowest BCUT2D eigenvalue weighted by atomic mass is 9.94. The zero-order valence-electron chi connectivity index (χ0n) is 13.6. The van der Waals surface area contributed by atoms with Gasteiger partial charge in [-0.15, -0.1) is 0 Å². The molecule has 24 heavy (non-hydrogen) atoms. The normalized spacial score (nSPS) is 17.6. The first kappa shape index (κ1) is 16.4. The van der Waals surface area contributed by atoms with Crippen molar-refractivity contribution in [3.63, 3.8) is 0 Å². The van der Waals surface area contributed by atoms with Crippen LogP contribution in [0.5, 0.6) is 11.6 Å². The van der Waals surface area contributed by atoms with Gasteiger partial charge < -0.3 is 9.64 Å². The minimum absolute atomic E-state index is 0.0460. The van der Waals surface area contributed by atoms with Crippen LogP contribution in [-0.4, -0.2) is 33.9 Å². The summed E-state index contributed by atoms with van der Waals surface area (Å²) < 4.78 is 19.5. The number of hydrogen-bond acceptors (Lipinski definition) is 4. The molecule has 0 saturated carbocycles. The Morgan fingerprint density at radius 2 is 2.12 bits per heavy atom. The number of ether oxygens (including phenoxy) is 1. The number of hydrogen-bond donors (Lipinski definition) is 0. The highest BCUT2D eigenvalue weighted by atomic mass is 19.1. The average Bonchev–Trinajstić information content (AvgIpc) is 2.63. The van der Waals surface area contributed by atoms with Crippen molar-refractivity contribution >= 4 is 5.91 Å². The molecule has 0 spiro atoms. The van der Waals surface area contributed by atoms with Crippen molar-refractivity contribution in [2.24, 2.45) is 0 Å². The zero-order chi connectivity index (χ0) is 16.9. The second kappa shape index (κ2) is 7.38. The summed E-state index contributed by atoms with van der Waals surface area (Å²) >= 11 is 0. The van der Waals surface area contributed by atoms with Crippen LogP contribution >= 0.6 is 0 Å². The number of benzene rings is 1. The molecule has 1 aliphatic rings. The SMILES string of the molecule is CCC(=O)N1CCC[C@H](c2nccnc2Oc2ccccc2F)C1. The van der Waals surface area contributed by atoms with E-state index >= 15 is 0 Å². The second-order valence-corrected chi connectivity index (χ2v) is 5.81. The molecule has 1 aliphatic heterocycles. The van der Waals surface area contributed by atoms with Gasteiger partial charge in [0, 0.05) is 37.8 Å². The maximum Gasteiger partial charge on any atom is 0.241 e. The fraction of sp³-hybridized carbons (Fsp3) is 0.389. The Morgan fingerprint density at radius 1 is 1.33 bits per heavy atom. The Hall–Kier alpha value is -2.50. The predicted molar refractivity (Wildman–Crippen MR) is 87.4 cm³/mol. The summed E-state index contributed by atoms with van der Waals surface area (Å²) in [5, 5.41) is 0. The molecule has 1 atom stereocenters. The van der Waals surface area contributed by atoms with Crippen molar-refractivity contribution < 1.29 is 13.9 Å². The van der Waals surface area contributed by atoms with Crippen LogP contribution in [0.1, 0.15) is 37.8 Å². The van der Waals surface area contributed by atoms with Gasteiger partial charge in [-0.25, -0.2) is 9.37 Å². The quantitative estimate of drug-likeness (QED) is 0.861. The van der Waals surface area contributed by atoms with E-state index in [0.29, 0.717) is 24.5 Å². The van der Waals surface area contributed by atoms with E-state index < -0.39 is 5.82 Å². The van der Waals surface area contributed by atoms with E-state index in [1.165, 1.54) is 12.3 Å². The molecule has 6 heteroatoms. The van der Waals surface area contributed by atoms with E-state index in [-0.39, 0.29) is 17.6 Å². The number of nitrogens with zero attached hydrogens (tertiary/aromatic N) is 3. The molecule has 0 aliphatic carbocycles. The first-order chi connectivity index (χ1) is 11.7. The van der Waals surface area contributed by atoms with Crippen LogP contribution in [0.4, 0.5) is 4.39 Å². The number of aromatic nitrogens is 2. The highest BCUT2D eigenvalue weighted by molar-refractivity contribution is 5.76.